The molecule has 0 radical (unpaired) electrons. The van der Waals surface area contributed by atoms with Gasteiger partial charge in [0, 0.05) is 43.3 Å². The van der Waals surface area contributed by atoms with E-state index in [1.165, 1.54) is 17.5 Å². The smallest absolute Gasteiger partial charge is 0.232 e. The van der Waals surface area contributed by atoms with Crippen molar-refractivity contribution in [1.82, 2.24) is 9.97 Å². The first-order valence-electron chi connectivity index (χ1n) is 11.1. The van der Waals surface area contributed by atoms with Crippen LogP contribution in [-0.4, -0.2) is 34.9 Å². The van der Waals surface area contributed by atoms with Crippen LogP contribution in [0.2, 0.25) is 0 Å². The van der Waals surface area contributed by atoms with Gasteiger partial charge in [0.1, 0.15) is 6.33 Å². The number of hydrogen-bond acceptors (Lipinski definition) is 5. The maximum atomic E-state index is 13.3. The molecule has 5 rings (SSSR count). The molecule has 0 saturated carbocycles. The first-order chi connectivity index (χ1) is 16.1. The van der Waals surface area contributed by atoms with E-state index in [2.05, 4.69) is 28.2 Å². The lowest BCUT2D eigenvalue weighted by Crippen LogP contribution is -2.36. The predicted octanol–water partition coefficient (Wildman–Crippen LogP) is 3.08. The van der Waals surface area contributed by atoms with Crippen molar-refractivity contribution in [2.24, 2.45) is 5.92 Å². The van der Waals surface area contributed by atoms with Gasteiger partial charge in [-0.2, -0.15) is 5.26 Å². The Hall–Kier alpha value is -4.05. The van der Waals surface area contributed by atoms with Crippen LogP contribution in [-0.2, 0) is 28.9 Å². The summed E-state index contributed by atoms with van der Waals surface area (Å²) in [5, 5.41) is 9.14. The Morgan fingerprint density at radius 3 is 2.73 bits per heavy atom. The molecule has 0 N–H and O–H groups in total. The van der Waals surface area contributed by atoms with Gasteiger partial charge in [-0.25, -0.2) is 9.97 Å². The molecule has 0 aliphatic carbocycles. The number of nitrogens with zero attached hydrogens (tertiary/aromatic N) is 5. The zero-order chi connectivity index (χ0) is 22.8. The lowest BCUT2D eigenvalue weighted by atomic mass is 10.0. The molecule has 0 bridgehead atoms. The zero-order valence-corrected chi connectivity index (χ0v) is 18.1. The summed E-state index contributed by atoms with van der Waals surface area (Å²) in [4.78, 5) is 37.6. The average Bonchev–Trinajstić information content (AvgIpc) is 3.46. The molecule has 7 heteroatoms. The summed E-state index contributed by atoms with van der Waals surface area (Å²) in [6, 6.07) is 15.4. The van der Waals surface area contributed by atoms with Gasteiger partial charge in [0.15, 0.2) is 0 Å². The van der Waals surface area contributed by atoms with Crippen LogP contribution in [0.5, 0.6) is 0 Å². The summed E-state index contributed by atoms with van der Waals surface area (Å²) in [6.45, 7) is 0.981. The number of fused-ring (bicyclic) bond motifs is 1. The first-order valence-corrected chi connectivity index (χ1v) is 11.1. The van der Waals surface area contributed by atoms with Crippen LogP contribution < -0.4 is 9.80 Å². The van der Waals surface area contributed by atoms with E-state index in [1.54, 1.807) is 29.2 Å². The fourth-order valence-corrected chi connectivity index (χ4v) is 4.67. The van der Waals surface area contributed by atoms with Crippen LogP contribution in [0.15, 0.2) is 61.2 Å². The Balaban J connectivity index is 1.27. The van der Waals surface area contributed by atoms with Crippen LogP contribution in [0.1, 0.15) is 28.7 Å². The number of hydrogen-bond donors (Lipinski definition) is 0. The minimum atomic E-state index is -0.382. The maximum absolute atomic E-state index is 13.3. The fraction of sp³-hybridized carbons (Fsp3) is 0.269. The number of aromatic nitrogens is 2. The van der Waals surface area contributed by atoms with E-state index in [0.29, 0.717) is 24.3 Å². The van der Waals surface area contributed by atoms with Gasteiger partial charge < -0.3 is 9.80 Å². The molecule has 3 aromatic rings. The average molecular weight is 438 g/mol. The third-order valence-corrected chi connectivity index (χ3v) is 6.38. The van der Waals surface area contributed by atoms with Crippen molar-refractivity contribution in [2.45, 2.75) is 25.7 Å². The Labute approximate surface area is 192 Å². The van der Waals surface area contributed by atoms with Crippen LogP contribution in [0.25, 0.3) is 0 Å². The molecule has 7 nitrogen and oxygen atoms in total. The number of carbonyl (C=O) groups excluding carboxylic acids is 2. The van der Waals surface area contributed by atoms with Crippen LogP contribution in [0.3, 0.4) is 0 Å². The second kappa shape index (κ2) is 8.83. The lowest BCUT2D eigenvalue weighted by Gasteiger charge is -2.22. The molecule has 1 aromatic heterocycles. The molecule has 0 spiro atoms. The summed E-state index contributed by atoms with van der Waals surface area (Å²) in [5.41, 5.74) is 5.62. The lowest BCUT2D eigenvalue weighted by molar-refractivity contribution is -0.124. The van der Waals surface area contributed by atoms with Gasteiger partial charge in [-0.3, -0.25) is 9.59 Å². The number of benzene rings is 2. The minimum Gasteiger partial charge on any atom is -0.312 e. The molecular formula is C26H23N5O2. The fourth-order valence-electron chi connectivity index (χ4n) is 4.67. The monoisotopic (exact) mass is 437 g/mol. The highest BCUT2D eigenvalue weighted by atomic mass is 16.2. The van der Waals surface area contributed by atoms with Crippen LogP contribution >= 0.6 is 0 Å². The number of nitriles is 1. The third-order valence-electron chi connectivity index (χ3n) is 6.38. The van der Waals surface area contributed by atoms with Crippen molar-refractivity contribution < 1.29 is 9.59 Å². The van der Waals surface area contributed by atoms with Gasteiger partial charge in [-0.1, -0.05) is 18.2 Å². The zero-order valence-electron chi connectivity index (χ0n) is 18.1. The van der Waals surface area contributed by atoms with E-state index in [9.17, 15) is 9.59 Å². The first kappa shape index (κ1) is 20.8. The molecule has 3 heterocycles. The van der Waals surface area contributed by atoms with Crippen molar-refractivity contribution in [1.29, 1.82) is 5.26 Å². The standard InChI is InChI=1S/C26H23N5O2/c27-13-19-2-1-3-23(11-19)31-16-22(12-25(31)32)26(33)30-9-8-21-10-18(6-7-24(21)30)4-5-20-14-28-17-29-15-20/h1-3,6-7,10-11,14-15,17,22H,4-5,8-9,12,16H2. The highest BCUT2D eigenvalue weighted by Crippen LogP contribution is 2.33. The van der Waals surface area contributed by atoms with E-state index in [0.717, 1.165) is 30.5 Å². The molecular weight excluding hydrogens is 414 g/mol. The Kier molecular flexibility index (Phi) is 5.57. The summed E-state index contributed by atoms with van der Waals surface area (Å²) in [6.07, 6.45) is 7.98. The van der Waals surface area contributed by atoms with E-state index in [-0.39, 0.29) is 24.2 Å². The quantitative estimate of drug-likeness (QED) is 0.612. The molecule has 1 fully saturated rings. The Morgan fingerprint density at radius 1 is 1.09 bits per heavy atom. The molecule has 2 aromatic carbocycles. The molecule has 33 heavy (non-hydrogen) atoms. The molecule has 1 atom stereocenters. The van der Waals surface area contributed by atoms with E-state index in [1.807, 2.05) is 23.4 Å². The maximum Gasteiger partial charge on any atom is 0.232 e. The topological polar surface area (TPSA) is 90.2 Å². The summed E-state index contributed by atoms with van der Waals surface area (Å²) in [5.74, 6) is -0.467. The molecule has 2 aliphatic heterocycles. The number of carbonyl (C=O) groups is 2. The highest BCUT2D eigenvalue weighted by molar-refractivity contribution is 6.05. The van der Waals surface area contributed by atoms with E-state index < -0.39 is 0 Å². The second-order valence-electron chi connectivity index (χ2n) is 8.52. The number of rotatable bonds is 5. The van der Waals surface area contributed by atoms with Crippen molar-refractivity contribution >= 4 is 23.2 Å². The van der Waals surface area contributed by atoms with E-state index >= 15 is 0 Å². The SMILES string of the molecule is N#Cc1cccc(N2CC(C(=O)N3CCc4cc(CCc5cncnc5)ccc43)CC2=O)c1. The van der Waals surface area contributed by atoms with Crippen molar-refractivity contribution in [3.05, 3.63) is 83.4 Å². The molecule has 164 valence electrons. The van der Waals surface area contributed by atoms with Crippen molar-refractivity contribution in [2.75, 3.05) is 22.9 Å². The van der Waals surface area contributed by atoms with E-state index in [4.69, 9.17) is 5.26 Å². The van der Waals surface area contributed by atoms with Crippen molar-refractivity contribution in [3.8, 4) is 6.07 Å². The van der Waals surface area contributed by atoms with Gasteiger partial charge in [0.25, 0.3) is 0 Å². The van der Waals surface area contributed by atoms with Gasteiger partial charge in [-0.05, 0) is 60.2 Å². The molecule has 2 aliphatic rings. The van der Waals surface area contributed by atoms with Crippen molar-refractivity contribution in [3.63, 3.8) is 0 Å². The number of aryl methyl sites for hydroxylation is 2. The summed E-state index contributed by atoms with van der Waals surface area (Å²) >= 11 is 0. The van der Waals surface area contributed by atoms with Gasteiger partial charge in [0.05, 0.1) is 17.6 Å². The third kappa shape index (κ3) is 4.20. The van der Waals surface area contributed by atoms with Gasteiger partial charge in [0.2, 0.25) is 11.8 Å². The summed E-state index contributed by atoms with van der Waals surface area (Å²) in [7, 11) is 0. The Bertz CT molecular complexity index is 1250. The highest BCUT2D eigenvalue weighted by Gasteiger charge is 2.39. The number of anilines is 2. The summed E-state index contributed by atoms with van der Waals surface area (Å²) < 4.78 is 0. The molecule has 2 amide bonds. The molecule has 1 unspecified atom stereocenters. The normalized spacial score (nSPS) is 17.2. The minimum absolute atomic E-state index is 0.00442. The number of amides is 2. The van der Waals surface area contributed by atoms with Gasteiger partial charge in [-0.15, -0.1) is 0 Å². The Morgan fingerprint density at radius 2 is 1.91 bits per heavy atom. The van der Waals surface area contributed by atoms with Crippen LogP contribution in [0.4, 0.5) is 11.4 Å². The predicted molar refractivity (Wildman–Crippen MR) is 124 cm³/mol. The molecule has 1 saturated heterocycles. The van der Waals surface area contributed by atoms with Gasteiger partial charge >= 0.3 is 0 Å². The largest absolute Gasteiger partial charge is 0.312 e. The van der Waals surface area contributed by atoms with Crippen LogP contribution in [0, 0.1) is 17.2 Å². The second-order valence-corrected chi connectivity index (χ2v) is 8.52.